The quantitative estimate of drug-likeness (QED) is 0.843. The highest BCUT2D eigenvalue weighted by Gasteiger charge is 2.31. The Balaban J connectivity index is 1.97. The molecule has 1 heterocycles. The molecule has 1 aromatic heterocycles. The van der Waals surface area contributed by atoms with Crippen molar-refractivity contribution in [2.45, 2.75) is 30.2 Å². The van der Waals surface area contributed by atoms with E-state index in [1.165, 1.54) is 0 Å². The molecular formula is C15H17BrN2O2S. The van der Waals surface area contributed by atoms with Gasteiger partial charge in [-0.25, -0.2) is 13.1 Å². The van der Waals surface area contributed by atoms with Crippen LogP contribution in [-0.4, -0.2) is 24.8 Å². The van der Waals surface area contributed by atoms with Crippen LogP contribution >= 0.6 is 15.9 Å². The minimum absolute atomic E-state index is 0.0199. The monoisotopic (exact) mass is 368 g/mol. The van der Waals surface area contributed by atoms with Crippen molar-refractivity contribution in [2.75, 3.05) is 5.33 Å². The maximum absolute atomic E-state index is 12.7. The lowest BCUT2D eigenvalue weighted by atomic mass is 10.1. The minimum atomic E-state index is -3.51. The summed E-state index contributed by atoms with van der Waals surface area (Å²) in [7, 11) is -3.51. The molecular weight excluding hydrogens is 352 g/mol. The van der Waals surface area contributed by atoms with Crippen molar-refractivity contribution < 1.29 is 8.42 Å². The van der Waals surface area contributed by atoms with Crippen molar-refractivity contribution in [3.63, 3.8) is 0 Å². The molecule has 0 amide bonds. The highest BCUT2D eigenvalue weighted by Crippen LogP contribution is 2.29. The van der Waals surface area contributed by atoms with Gasteiger partial charge in [-0.1, -0.05) is 34.5 Å². The third kappa shape index (κ3) is 2.98. The first kappa shape index (κ1) is 14.9. The first-order chi connectivity index (χ1) is 10.1. The third-order valence-electron chi connectivity index (χ3n) is 4.09. The molecule has 1 saturated carbocycles. The standard InChI is InChI=1S/C15H17BrN2O2S/c16-9-11-3-1-5-14(11)18-21(19,20)15-6-2-4-12-10-17-8-7-13(12)15/h2,4,6-8,10-11,14,18H,1,3,5,9H2. The van der Waals surface area contributed by atoms with E-state index in [1.807, 2.05) is 6.07 Å². The van der Waals surface area contributed by atoms with Gasteiger partial charge in [-0.05, 0) is 30.9 Å². The van der Waals surface area contributed by atoms with Gasteiger partial charge in [0, 0.05) is 34.5 Å². The van der Waals surface area contributed by atoms with Gasteiger partial charge in [0.25, 0.3) is 0 Å². The van der Waals surface area contributed by atoms with Gasteiger partial charge >= 0.3 is 0 Å². The molecule has 0 radical (unpaired) electrons. The maximum atomic E-state index is 12.7. The van der Waals surface area contributed by atoms with Crippen LogP contribution in [0.5, 0.6) is 0 Å². The SMILES string of the molecule is O=S(=O)(NC1CCCC1CBr)c1cccc2cnccc12. The number of hydrogen-bond acceptors (Lipinski definition) is 3. The molecule has 21 heavy (non-hydrogen) atoms. The Morgan fingerprint density at radius 3 is 2.95 bits per heavy atom. The summed E-state index contributed by atoms with van der Waals surface area (Å²) >= 11 is 3.48. The third-order valence-corrected chi connectivity index (χ3v) is 6.47. The van der Waals surface area contributed by atoms with Crippen LogP contribution < -0.4 is 4.72 Å². The number of sulfonamides is 1. The molecule has 0 bridgehead atoms. The lowest BCUT2D eigenvalue weighted by Crippen LogP contribution is -2.37. The van der Waals surface area contributed by atoms with E-state index in [1.54, 1.807) is 30.6 Å². The fraction of sp³-hybridized carbons (Fsp3) is 0.400. The maximum Gasteiger partial charge on any atom is 0.241 e. The van der Waals surface area contributed by atoms with Crippen LogP contribution in [0.1, 0.15) is 19.3 Å². The molecule has 1 aliphatic rings. The van der Waals surface area contributed by atoms with Crippen LogP contribution in [0.2, 0.25) is 0 Å². The Morgan fingerprint density at radius 1 is 1.29 bits per heavy atom. The van der Waals surface area contributed by atoms with E-state index in [4.69, 9.17) is 0 Å². The predicted molar refractivity (Wildman–Crippen MR) is 87.0 cm³/mol. The van der Waals surface area contributed by atoms with Crippen LogP contribution in [-0.2, 0) is 10.0 Å². The summed E-state index contributed by atoms with van der Waals surface area (Å²) in [4.78, 5) is 4.38. The van der Waals surface area contributed by atoms with E-state index in [-0.39, 0.29) is 6.04 Å². The molecule has 6 heteroatoms. The number of hydrogen-bond donors (Lipinski definition) is 1. The van der Waals surface area contributed by atoms with Crippen LogP contribution in [0, 0.1) is 5.92 Å². The number of rotatable bonds is 4. The van der Waals surface area contributed by atoms with Gasteiger partial charge in [-0.2, -0.15) is 0 Å². The Hall–Kier alpha value is -0.980. The van der Waals surface area contributed by atoms with Gasteiger partial charge in [-0.3, -0.25) is 4.98 Å². The molecule has 2 unspecified atom stereocenters. The number of pyridine rings is 1. The lowest BCUT2D eigenvalue weighted by Gasteiger charge is -2.19. The van der Waals surface area contributed by atoms with Crippen molar-refractivity contribution in [2.24, 2.45) is 5.92 Å². The van der Waals surface area contributed by atoms with Gasteiger partial charge in [0.1, 0.15) is 0 Å². The molecule has 0 saturated heterocycles. The minimum Gasteiger partial charge on any atom is -0.264 e. The second kappa shape index (κ2) is 6.02. The number of halogens is 1. The first-order valence-corrected chi connectivity index (χ1v) is 9.63. The lowest BCUT2D eigenvalue weighted by molar-refractivity contribution is 0.484. The highest BCUT2D eigenvalue weighted by molar-refractivity contribution is 9.09. The number of fused-ring (bicyclic) bond motifs is 1. The second-order valence-corrected chi connectivity index (χ2v) is 7.76. The summed E-state index contributed by atoms with van der Waals surface area (Å²) in [6.07, 6.45) is 6.35. The normalized spacial score (nSPS) is 22.7. The molecule has 0 spiro atoms. The van der Waals surface area contributed by atoms with Gasteiger partial charge < -0.3 is 0 Å². The van der Waals surface area contributed by atoms with Crippen molar-refractivity contribution >= 4 is 36.7 Å². The number of nitrogens with zero attached hydrogens (tertiary/aromatic N) is 1. The van der Waals surface area contributed by atoms with Crippen molar-refractivity contribution in [3.05, 3.63) is 36.7 Å². The summed E-state index contributed by atoms with van der Waals surface area (Å²) in [5.41, 5.74) is 0. The average Bonchev–Trinajstić information content (AvgIpc) is 2.93. The molecule has 4 nitrogen and oxygen atoms in total. The molecule has 1 N–H and O–H groups in total. The van der Waals surface area contributed by atoms with E-state index < -0.39 is 10.0 Å². The molecule has 112 valence electrons. The molecule has 2 atom stereocenters. The largest absolute Gasteiger partial charge is 0.264 e. The van der Waals surface area contributed by atoms with Crippen molar-refractivity contribution in [1.82, 2.24) is 9.71 Å². The average molecular weight is 369 g/mol. The molecule has 1 fully saturated rings. The van der Waals surface area contributed by atoms with Gasteiger partial charge in [-0.15, -0.1) is 0 Å². The molecule has 2 aromatic rings. The Bertz CT molecular complexity index is 743. The van der Waals surface area contributed by atoms with E-state index in [0.29, 0.717) is 16.2 Å². The summed E-state index contributed by atoms with van der Waals surface area (Å²) in [6.45, 7) is 0. The van der Waals surface area contributed by atoms with Gasteiger partial charge in [0.2, 0.25) is 10.0 Å². The summed E-state index contributed by atoms with van der Waals surface area (Å²) in [6, 6.07) is 7.06. The fourth-order valence-corrected chi connectivity index (χ4v) is 5.31. The summed E-state index contributed by atoms with van der Waals surface area (Å²) in [5.74, 6) is 0.372. The van der Waals surface area contributed by atoms with E-state index in [0.717, 1.165) is 30.0 Å². The Kier molecular flexibility index (Phi) is 4.28. The van der Waals surface area contributed by atoms with Crippen LogP contribution in [0.15, 0.2) is 41.6 Å². The molecule has 3 rings (SSSR count). The molecule has 0 aliphatic heterocycles. The second-order valence-electron chi connectivity index (χ2n) is 5.43. The summed E-state index contributed by atoms with van der Waals surface area (Å²) in [5, 5.41) is 2.39. The molecule has 1 aromatic carbocycles. The van der Waals surface area contributed by atoms with E-state index in [2.05, 4.69) is 25.6 Å². The number of alkyl halides is 1. The predicted octanol–water partition coefficient (Wildman–Crippen LogP) is 3.08. The van der Waals surface area contributed by atoms with E-state index in [9.17, 15) is 8.42 Å². The zero-order chi connectivity index (χ0) is 14.9. The first-order valence-electron chi connectivity index (χ1n) is 7.03. The zero-order valence-corrected chi connectivity index (χ0v) is 13.9. The van der Waals surface area contributed by atoms with Crippen molar-refractivity contribution in [1.29, 1.82) is 0 Å². The summed E-state index contributed by atoms with van der Waals surface area (Å²) < 4.78 is 28.3. The Morgan fingerprint density at radius 2 is 2.14 bits per heavy atom. The van der Waals surface area contributed by atoms with Crippen molar-refractivity contribution in [3.8, 4) is 0 Å². The van der Waals surface area contributed by atoms with Crippen LogP contribution in [0.3, 0.4) is 0 Å². The smallest absolute Gasteiger partial charge is 0.241 e. The number of benzene rings is 1. The zero-order valence-electron chi connectivity index (χ0n) is 11.5. The van der Waals surface area contributed by atoms with Crippen LogP contribution in [0.25, 0.3) is 10.8 Å². The van der Waals surface area contributed by atoms with Gasteiger partial charge in [0.05, 0.1) is 4.90 Å². The number of aromatic nitrogens is 1. The number of nitrogens with one attached hydrogen (secondary N) is 1. The topological polar surface area (TPSA) is 59.1 Å². The van der Waals surface area contributed by atoms with Crippen LogP contribution in [0.4, 0.5) is 0 Å². The fourth-order valence-electron chi connectivity index (χ4n) is 2.97. The van der Waals surface area contributed by atoms with Gasteiger partial charge in [0.15, 0.2) is 0 Å². The van der Waals surface area contributed by atoms with E-state index >= 15 is 0 Å². The molecule has 1 aliphatic carbocycles. The highest BCUT2D eigenvalue weighted by atomic mass is 79.9. The Labute approximate surface area is 133 Å².